The minimum atomic E-state index is -0.0406. The predicted molar refractivity (Wildman–Crippen MR) is 76.6 cm³/mol. The van der Waals surface area contributed by atoms with Crippen molar-refractivity contribution in [3.8, 4) is 0 Å². The predicted octanol–water partition coefficient (Wildman–Crippen LogP) is 4.51. The van der Waals surface area contributed by atoms with Crippen LogP contribution in [0.1, 0.15) is 24.8 Å². The molecule has 1 aliphatic carbocycles. The number of hydrogen-bond acceptors (Lipinski definition) is 2. The van der Waals surface area contributed by atoms with Crippen LogP contribution in [-0.4, -0.2) is 4.86 Å². The SMILES string of the molecule is C1=C(c2ccccc2)SS2=C1C1=C(CCC1)O2. The van der Waals surface area contributed by atoms with Gasteiger partial charge in [0.25, 0.3) is 0 Å². The molecule has 0 N–H and O–H groups in total. The standard InChI is InChI=1S/C14H12OS2/c1-2-5-10(6-3-1)13-9-14-11-7-4-8-12(11)15-17(14)16-13/h1-3,5-6,9H,4,7-8H2. The molecule has 1 aromatic carbocycles. The molecule has 3 aliphatic rings. The second-order valence-corrected chi connectivity index (χ2v) is 7.49. The highest BCUT2D eigenvalue weighted by Crippen LogP contribution is 2.57. The number of rotatable bonds is 1. The van der Waals surface area contributed by atoms with Gasteiger partial charge in [0.15, 0.2) is 0 Å². The molecule has 17 heavy (non-hydrogen) atoms. The molecule has 0 aromatic heterocycles. The highest BCUT2D eigenvalue weighted by Gasteiger charge is 2.33. The summed E-state index contributed by atoms with van der Waals surface area (Å²) in [7, 11) is 1.84. The minimum Gasteiger partial charge on any atom is -0.427 e. The van der Waals surface area contributed by atoms with Gasteiger partial charge in [-0.3, -0.25) is 0 Å². The zero-order valence-corrected chi connectivity index (χ0v) is 10.9. The lowest BCUT2D eigenvalue weighted by Gasteiger charge is -2.06. The van der Waals surface area contributed by atoms with Crippen LogP contribution in [0.15, 0.2) is 47.7 Å². The van der Waals surface area contributed by atoms with Gasteiger partial charge in [0, 0.05) is 16.9 Å². The van der Waals surface area contributed by atoms with Gasteiger partial charge in [0.1, 0.15) is 5.76 Å². The first-order valence-electron chi connectivity index (χ1n) is 5.89. The van der Waals surface area contributed by atoms with Crippen molar-refractivity contribution in [2.24, 2.45) is 0 Å². The highest BCUT2D eigenvalue weighted by atomic mass is 33.1. The van der Waals surface area contributed by atoms with Crippen LogP contribution in [0.4, 0.5) is 0 Å². The van der Waals surface area contributed by atoms with Gasteiger partial charge < -0.3 is 4.18 Å². The number of allylic oxidation sites excluding steroid dienone is 3. The van der Waals surface area contributed by atoms with Crippen LogP contribution in [0.25, 0.3) is 4.91 Å². The Hall–Kier alpha value is -0.930. The maximum atomic E-state index is 6.04. The number of benzene rings is 1. The van der Waals surface area contributed by atoms with E-state index in [0.29, 0.717) is 0 Å². The Morgan fingerprint density at radius 3 is 2.88 bits per heavy atom. The molecule has 1 unspecified atom stereocenters. The van der Waals surface area contributed by atoms with E-state index in [1.165, 1.54) is 39.5 Å². The molecular weight excluding hydrogens is 248 g/mol. The van der Waals surface area contributed by atoms with Crippen molar-refractivity contribution in [2.75, 3.05) is 0 Å². The summed E-state index contributed by atoms with van der Waals surface area (Å²) >= 11 is 0. The topological polar surface area (TPSA) is 9.23 Å². The average molecular weight is 260 g/mol. The summed E-state index contributed by atoms with van der Waals surface area (Å²) < 4.78 is 6.04. The average Bonchev–Trinajstić information content (AvgIpc) is 3.00. The van der Waals surface area contributed by atoms with Crippen LogP contribution in [0.3, 0.4) is 0 Å². The number of fused-ring (bicyclic) bond motifs is 1. The molecule has 0 saturated heterocycles. The van der Waals surface area contributed by atoms with Crippen molar-refractivity contribution >= 4 is 30.4 Å². The largest absolute Gasteiger partial charge is 0.427 e. The second kappa shape index (κ2) is 3.79. The highest BCUT2D eigenvalue weighted by molar-refractivity contribution is 8.86. The number of hydrogen-bond donors (Lipinski definition) is 0. The summed E-state index contributed by atoms with van der Waals surface area (Å²) in [5, 5.41) is 0. The van der Waals surface area contributed by atoms with Crippen LogP contribution in [-0.2, 0) is 4.18 Å². The fraction of sp³-hybridized carbons (Fsp3) is 0.214. The van der Waals surface area contributed by atoms with Crippen molar-refractivity contribution < 1.29 is 4.18 Å². The van der Waals surface area contributed by atoms with Crippen molar-refractivity contribution in [3.05, 3.63) is 53.3 Å². The van der Waals surface area contributed by atoms with E-state index >= 15 is 0 Å². The van der Waals surface area contributed by atoms with Gasteiger partial charge in [-0.1, -0.05) is 30.3 Å². The molecule has 1 nitrogen and oxygen atoms in total. The van der Waals surface area contributed by atoms with E-state index in [4.69, 9.17) is 4.18 Å². The fourth-order valence-corrected chi connectivity index (χ4v) is 6.29. The van der Waals surface area contributed by atoms with E-state index in [-0.39, 0.29) is 9.80 Å². The monoisotopic (exact) mass is 260 g/mol. The Morgan fingerprint density at radius 2 is 2.00 bits per heavy atom. The third kappa shape index (κ3) is 1.53. The van der Waals surface area contributed by atoms with Crippen LogP contribution in [0, 0.1) is 0 Å². The quantitative estimate of drug-likeness (QED) is 0.542. The van der Waals surface area contributed by atoms with Crippen LogP contribution >= 0.6 is 20.6 Å². The Balaban J connectivity index is 1.71. The molecule has 3 heteroatoms. The lowest BCUT2D eigenvalue weighted by molar-refractivity contribution is 0.487. The van der Waals surface area contributed by atoms with E-state index in [2.05, 4.69) is 36.4 Å². The zero-order chi connectivity index (χ0) is 11.2. The van der Waals surface area contributed by atoms with Crippen molar-refractivity contribution in [1.29, 1.82) is 0 Å². The smallest absolute Gasteiger partial charge is 0.119 e. The maximum absolute atomic E-state index is 6.04. The Kier molecular flexibility index (Phi) is 2.24. The molecule has 0 bridgehead atoms. The first-order chi connectivity index (χ1) is 8.42. The van der Waals surface area contributed by atoms with E-state index < -0.39 is 0 Å². The van der Waals surface area contributed by atoms with Crippen molar-refractivity contribution in [3.63, 3.8) is 0 Å². The van der Waals surface area contributed by atoms with Crippen LogP contribution in [0.5, 0.6) is 0 Å². The summed E-state index contributed by atoms with van der Waals surface area (Å²) in [6.07, 6.45) is 5.98. The molecule has 0 saturated carbocycles. The summed E-state index contributed by atoms with van der Waals surface area (Å²) in [6, 6.07) is 10.6. The zero-order valence-electron chi connectivity index (χ0n) is 9.31. The normalized spacial score (nSPS) is 25.8. The molecule has 0 spiro atoms. The second-order valence-electron chi connectivity index (χ2n) is 4.40. The van der Waals surface area contributed by atoms with E-state index in [1.807, 2.05) is 10.8 Å². The summed E-state index contributed by atoms with van der Waals surface area (Å²) in [5.41, 5.74) is 2.82. The molecule has 2 aliphatic heterocycles. The van der Waals surface area contributed by atoms with E-state index in [9.17, 15) is 0 Å². The van der Waals surface area contributed by atoms with Gasteiger partial charge in [-0.25, -0.2) is 0 Å². The molecular formula is C14H12OS2. The van der Waals surface area contributed by atoms with Gasteiger partial charge in [0.2, 0.25) is 0 Å². The van der Waals surface area contributed by atoms with E-state index in [0.717, 1.165) is 6.42 Å². The van der Waals surface area contributed by atoms with E-state index in [1.54, 1.807) is 0 Å². The molecule has 86 valence electrons. The first kappa shape index (κ1) is 10.0. The third-order valence-corrected chi connectivity index (χ3v) is 6.80. The molecule has 0 amide bonds. The Labute approximate surface area is 107 Å². The fourth-order valence-electron chi connectivity index (χ4n) is 2.46. The van der Waals surface area contributed by atoms with Gasteiger partial charge in [-0.05, 0) is 35.3 Å². The van der Waals surface area contributed by atoms with Gasteiger partial charge in [-0.2, -0.15) is 0 Å². The summed E-state index contributed by atoms with van der Waals surface area (Å²) in [6.45, 7) is 0. The molecule has 0 fully saturated rings. The Bertz CT molecular complexity index is 581. The minimum absolute atomic E-state index is 0.0406. The van der Waals surface area contributed by atoms with Gasteiger partial charge >= 0.3 is 0 Å². The maximum Gasteiger partial charge on any atom is 0.119 e. The third-order valence-electron chi connectivity index (χ3n) is 3.31. The molecule has 4 rings (SSSR count). The van der Waals surface area contributed by atoms with Crippen molar-refractivity contribution in [2.45, 2.75) is 19.3 Å². The molecule has 2 heterocycles. The van der Waals surface area contributed by atoms with Crippen LogP contribution < -0.4 is 0 Å². The lowest BCUT2D eigenvalue weighted by Crippen LogP contribution is -1.91. The Morgan fingerprint density at radius 1 is 1.12 bits per heavy atom. The molecule has 0 radical (unpaired) electrons. The lowest BCUT2D eigenvalue weighted by atomic mass is 10.1. The molecule has 1 atom stereocenters. The summed E-state index contributed by atoms with van der Waals surface area (Å²) in [4.78, 5) is 2.82. The van der Waals surface area contributed by atoms with Gasteiger partial charge in [0.05, 0.1) is 14.7 Å². The molecule has 1 aromatic rings. The van der Waals surface area contributed by atoms with Crippen LogP contribution in [0.2, 0.25) is 0 Å². The van der Waals surface area contributed by atoms with Gasteiger partial charge in [-0.15, -0.1) is 0 Å². The summed E-state index contributed by atoms with van der Waals surface area (Å²) in [5.74, 6) is 1.28. The van der Waals surface area contributed by atoms with Crippen molar-refractivity contribution in [1.82, 2.24) is 0 Å². The first-order valence-corrected chi connectivity index (χ1v) is 8.37.